The van der Waals surface area contributed by atoms with Crippen LogP contribution in [-0.4, -0.2) is 40.1 Å². The minimum absolute atomic E-state index is 0.639. The molecule has 0 bridgehead atoms. The third-order valence-corrected chi connectivity index (χ3v) is 3.68. The molecular weight excluding hydrogens is 224 g/mol. The molecule has 0 aliphatic carbocycles. The third-order valence-electron chi connectivity index (χ3n) is 3.33. The summed E-state index contributed by atoms with van der Waals surface area (Å²) in [5, 5.41) is 4.10. The van der Waals surface area contributed by atoms with Crippen LogP contribution >= 0.6 is 11.6 Å². The van der Waals surface area contributed by atoms with Gasteiger partial charge in [-0.15, -0.1) is 0 Å². The number of rotatable bonds is 4. The Labute approximate surface area is 102 Å². The molecule has 0 amide bonds. The summed E-state index contributed by atoms with van der Waals surface area (Å²) in [5.41, 5.74) is 0. The minimum Gasteiger partial charge on any atom is -0.321 e. The molecule has 1 atom stereocenters. The van der Waals surface area contributed by atoms with E-state index in [1.54, 1.807) is 6.20 Å². The van der Waals surface area contributed by atoms with E-state index < -0.39 is 0 Å². The Hall–Kier alpha value is -0.580. The standard InChI is InChI=1S/C11H19ClN4/c1-3-16(9-4-5-13-6-9)8-11-14-7-10(12)15(11)2/h7,9,13H,3-6,8H2,1-2H3. The fourth-order valence-corrected chi connectivity index (χ4v) is 2.35. The summed E-state index contributed by atoms with van der Waals surface area (Å²) >= 11 is 5.99. The third kappa shape index (κ3) is 2.39. The van der Waals surface area contributed by atoms with Crippen molar-refractivity contribution in [3.8, 4) is 0 Å². The van der Waals surface area contributed by atoms with Crippen LogP contribution in [0, 0.1) is 0 Å². The predicted molar refractivity (Wildman–Crippen MR) is 65.6 cm³/mol. The van der Waals surface area contributed by atoms with Crippen LogP contribution in [0.15, 0.2) is 6.20 Å². The Morgan fingerprint density at radius 2 is 2.50 bits per heavy atom. The number of aromatic nitrogens is 2. The van der Waals surface area contributed by atoms with Crippen molar-refractivity contribution in [2.75, 3.05) is 19.6 Å². The molecule has 1 aromatic rings. The van der Waals surface area contributed by atoms with Crippen molar-refractivity contribution in [1.82, 2.24) is 19.8 Å². The van der Waals surface area contributed by atoms with Crippen LogP contribution in [0.25, 0.3) is 0 Å². The molecule has 1 aliphatic rings. The van der Waals surface area contributed by atoms with Crippen molar-refractivity contribution in [3.05, 3.63) is 17.2 Å². The zero-order valence-corrected chi connectivity index (χ0v) is 10.7. The number of hydrogen-bond donors (Lipinski definition) is 1. The number of likely N-dealkylation sites (N-methyl/N-ethyl adjacent to an activating group) is 1. The number of nitrogens with zero attached hydrogens (tertiary/aromatic N) is 3. The van der Waals surface area contributed by atoms with Gasteiger partial charge in [0, 0.05) is 19.6 Å². The molecule has 1 fully saturated rings. The summed E-state index contributed by atoms with van der Waals surface area (Å²) in [4.78, 5) is 6.80. The highest BCUT2D eigenvalue weighted by Crippen LogP contribution is 2.15. The van der Waals surface area contributed by atoms with Crippen molar-refractivity contribution in [3.63, 3.8) is 0 Å². The molecule has 5 heteroatoms. The lowest BCUT2D eigenvalue weighted by Crippen LogP contribution is -2.36. The Morgan fingerprint density at radius 1 is 1.69 bits per heavy atom. The second kappa shape index (κ2) is 5.17. The van der Waals surface area contributed by atoms with E-state index in [1.165, 1.54) is 6.42 Å². The molecule has 90 valence electrons. The SMILES string of the molecule is CCN(Cc1ncc(Cl)n1C)C1CCNC1. The van der Waals surface area contributed by atoms with Crippen LogP contribution in [0.1, 0.15) is 19.2 Å². The van der Waals surface area contributed by atoms with Crippen LogP contribution in [0.3, 0.4) is 0 Å². The Morgan fingerprint density at radius 3 is 3.00 bits per heavy atom. The highest BCUT2D eigenvalue weighted by atomic mass is 35.5. The summed E-state index contributed by atoms with van der Waals surface area (Å²) in [6.45, 7) is 6.35. The molecule has 0 saturated carbocycles. The number of halogens is 1. The van der Waals surface area contributed by atoms with Gasteiger partial charge in [-0.2, -0.15) is 0 Å². The number of nitrogens with one attached hydrogen (secondary N) is 1. The average molecular weight is 243 g/mol. The van der Waals surface area contributed by atoms with Crippen molar-refractivity contribution in [1.29, 1.82) is 0 Å². The first kappa shape index (κ1) is 11.9. The quantitative estimate of drug-likeness (QED) is 0.863. The highest BCUT2D eigenvalue weighted by molar-refractivity contribution is 6.29. The highest BCUT2D eigenvalue weighted by Gasteiger charge is 2.22. The second-order valence-electron chi connectivity index (χ2n) is 4.27. The maximum absolute atomic E-state index is 5.99. The normalized spacial score (nSPS) is 20.9. The molecule has 1 unspecified atom stereocenters. The Kier molecular flexibility index (Phi) is 3.84. The maximum Gasteiger partial charge on any atom is 0.128 e. The van der Waals surface area contributed by atoms with Crippen LogP contribution in [0.2, 0.25) is 5.15 Å². The number of imidazole rings is 1. The van der Waals surface area contributed by atoms with E-state index in [2.05, 4.69) is 22.1 Å². The predicted octanol–water partition coefficient (Wildman–Crippen LogP) is 1.26. The van der Waals surface area contributed by atoms with E-state index in [4.69, 9.17) is 11.6 Å². The first-order chi connectivity index (χ1) is 7.72. The fourth-order valence-electron chi connectivity index (χ4n) is 2.20. The molecule has 2 rings (SSSR count). The largest absolute Gasteiger partial charge is 0.321 e. The maximum atomic E-state index is 5.99. The van der Waals surface area contributed by atoms with Gasteiger partial charge in [0.05, 0.1) is 12.7 Å². The zero-order chi connectivity index (χ0) is 11.5. The van der Waals surface area contributed by atoms with E-state index in [-0.39, 0.29) is 0 Å². The van der Waals surface area contributed by atoms with Gasteiger partial charge in [-0.05, 0) is 19.5 Å². The van der Waals surface area contributed by atoms with E-state index in [9.17, 15) is 0 Å². The van der Waals surface area contributed by atoms with Gasteiger partial charge in [-0.3, -0.25) is 4.90 Å². The van der Waals surface area contributed by atoms with Crippen LogP contribution in [0.5, 0.6) is 0 Å². The van der Waals surface area contributed by atoms with Gasteiger partial charge in [0.2, 0.25) is 0 Å². The lowest BCUT2D eigenvalue weighted by atomic mass is 10.2. The summed E-state index contributed by atoms with van der Waals surface area (Å²) in [7, 11) is 1.96. The molecule has 1 saturated heterocycles. The van der Waals surface area contributed by atoms with Gasteiger partial charge in [0.15, 0.2) is 0 Å². The van der Waals surface area contributed by atoms with Gasteiger partial charge in [-0.25, -0.2) is 4.98 Å². The molecule has 16 heavy (non-hydrogen) atoms. The molecule has 0 spiro atoms. The van der Waals surface area contributed by atoms with Crippen LogP contribution < -0.4 is 5.32 Å². The topological polar surface area (TPSA) is 33.1 Å². The van der Waals surface area contributed by atoms with Crippen molar-refractivity contribution in [2.24, 2.45) is 7.05 Å². The fraction of sp³-hybridized carbons (Fsp3) is 0.727. The molecule has 2 heterocycles. The molecule has 1 aromatic heterocycles. The summed E-state index contributed by atoms with van der Waals surface area (Å²) in [6.07, 6.45) is 2.95. The monoisotopic (exact) mass is 242 g/mol. The molecule has 0 radical (unpaired) electrons. The van der Waals surface area contributed by atoms with Crippen LogP contribution in [-0.2, 0) is 13.6 Å². The minimum atomic E-state index is 0.639. The Balaban J connectivity index is 2.03. The molecule has 1 N–H and O–H groups in total. The van der Waals surface area contributed by atoms with E-state index in [0.717, 1.165) is 32.0 Å². The summed E-state index contributed by atoms with van der Waals surface area (Å²) in [5.74, 6) is 1.04. The second-order valence-corrected chi connectivity index (χ2v) is 4.65. The van der Waals surface area contributed by atoms with E-state index >= 15 is 0 Å². The zero-order valence-electron chi connectivity index (χ0n) is 9.91. The smallest absolute Gasteiger partial charge is 0.128 e. The summed E-state index contributed by atoms with van der Waals surface area (Å²) in [6, 6.07) is 0.639. The molecule has 0 aromatic carbocycles. The van der Waals surface area contributed by atoms with Crippen LogP contribution in [0.4, 0.5) is 0 Å². The van der Waals surface area contributed by atoms with E-state index in [0.29, 0.717) is 11.2 Å². The van der Waals surface area contributed by atoms with Gasteiger partial charge in [-0.1, -0.05) is 18.5 Å². The molecule has 4 nitrogen and oxygen atoms in total. The van der Waals surface area contributed by atoms with Crippen molar-refractivity contribution >= 4 is 11.6 Å². The van der Waals surface area contributed by atoms with Crippen molar-refractivity contribution < 1.29 is 0 Å². The molecular formula is C11H19ClN4. The number of hydrogen-bond acceptors (Lipinski definition) is 3. The average Bonchev–Trinajstić information content (AvgIpc) is 2.90. The van der Waals surface area contributed by atoms with Gasteiger partial charge < -0.3 is 9.88 Å². The lowest BCUT2D eigenvalue weighted by molar-refractivity contribution is 0.203. The summed E-state index contributed by atoms with van der Waals surface area (Å²) < 4.78 is 1.95. The first-order valence-corrected chi connectivity index (χ1v) is 6.21. The lowest BCUT2D eigenvalue weighted by Gasteiger charge is -2.26. The molecule has 1 aliphatic heterocycles. The van der Waals surface area contributed by atoms with Gasteiger partial charge >= 0.3 is 0 Å². The Bertz CT molecular complexity index is 344. The van der Waals surface area contributed by atoms with E-state index in [1.807, 2.05) is 11.6 Å². The van der Waals surface area contributed by atoms with Gasteiger partial charge in [0.1, 0.15) is 11.0 Å². The van der Waals surface area contributed by atoms with Gasteiger partial charge in [0.25, 0.3) is 0 Å². The van der Waals surface area contributed by atoms with Crippen molar-refractivity contribution in [2.45, 2.75) is 25.9 Å². The first-order valence-electron chi connectivity index (χ1n) is 5.83.